The van der Waals surface area contributed by atoms with Gasteiger partial charge >= 0.3 is 0 Å². The normalized spacial score (nSPS) is 40.9. The zero-order valence-electron chi connectivity index (χ0n) is 22.3. The van der Waals surface area contributed by atoms with E-state index in [2.05, 4.69) is 42.2 Å². The average Bonchev–Trinajstić information content (AvgIpc) is 3.41. The molecule has 6 rings (SSSR count). The van der Waals surface area contributed by atoms with Crippen LogP contribution in [0.2, 0.25) is 0 Å². The topological polar surface area (TPSA) is 55.1 Å². The summed E-state index contributed by atoms with van der Waals surface area (Å²) in [6, 6.07) is 10.3. The number of carbonyl (C=O) groups is 1. The second-order valence-corrected chi connectivity index (χ2v) is 13.5. The van der Waals surface area contributed by atoms with Gasteiger partial charge in [-0.05, 0) is 116 Å². The molecular formula is C33H48N2O. The van der Waals surface area contributed by atoms with E-state index in [1.165, 1.54) is 94.7 Å². The maximum atomic E-state index is 12.2. The molecule has 9 atom stereocenters. The summed E-state index contributed by atoms with van der Waals surface area (Å²) < 4.78 is 0. The van der Waals surface area contributed by atoms with Gasteiger partial charge in [0, 0.05) is 12.2 Å². The average molecular weight is 489 g/mol. The molecule has 3 N–H and O–H groups in total. The molecule has 3 heteroatoms. The van der Waals surface area contributed by atoms with Crippen LogP contribution in [0.5, 0.6) is 0 Å². The number of fused-ring (bicyclic) bond motifs is 3. The molecule has 5 aliphatic carbocycles. The van der Waals surface area contributed by atoms with Crippen LogP contribution in [0, 0.1) is 52.8 Å². The monoisotopic (exact) mass is 488 g/mol. The largest absolute Gasteiger partial charge is 0.385 e. The van der Waals surface area contributed by atoms with Gasteiger partial charge in [-0.1, -0.05) is 62.5 Å². The fourth-order valence-electron chi connectivity index (χ4n) is 10.0. The van der Waals surface area contributed by atoms with Crippen LogP contribution in [0.1, 0.15) is 83.5 Å². The third kappa shape index (κ3) is 4.48. The van der Waals surface area contributed by atoms with E-state index in [9.17, 15) is 4.79 Å². The lowest BCUT2D eigenvalue weighted by Crippen LogP contribution is -2.37. The molecule has 0 heterocycles. The number of benzene rings is 1. The van der Waals surface area contributed by atoms with Gasteiger partial charge in [-0.25, -0.2) is 0 Å². The summed E-state index contributed by atoms with van der Waals surface area (Å²) in [5, 5.41) is 3.65. The standard InChI is InChI=1S/C33H48N2O/c1-22-11-14-30-32(29-19-26(18-28(22)29)25-7-5-6-8-25)33(30,31(34)21-36)16-15-23-12-13-24(17-23)20-35-27-9-3-2-4-10-27/h2-4,9-10,21,23-26,28-32,35H,1,5-8,11-20,34H2/t23-,24+,26+,28-,29+,30+,31+,32+,33-/m1/s1. The Morgan fingerprint density at radius 1 is 1.00 bits per heavy atom. The van der Waals surface area contributed by atoms with Gasteiger partial charge in [0.1, 0.15) is 6.29 Å². The van der Waals surface area contributed by atoms with E-state index >= 15 is 0 Å². The molecule has 0 amide bonds. The second kappa shape index (κ2) is 10.3. The highest BCUT2D eigenvalue weighted by Gasteiger charge is 2.70. The van der Waals surface area contributed by atoms with Crippen molar-refractivity contribution in [2.75, 3.05) is 11.9 Å². The van der Waals surface area contributed by atoms with Crippen LogP contribution in [-0.4, -0.2) is 18.9 Å². The molecule has 1 aromatic carbocycles. The molecular weight excluding hydrogens is 440 g/mol. The highest BCUT2D eigenvalue weighted by Crippen LogP contribution is 2.74. The predicted molar refractivity (Wildman–Crippen MR) is 148 cm³/mol. The smallest absolute Gasteiger partial charge is 0.137 e. The molecule has 0 radical (unpaired) electrons. The van der Waals surface area contributed by atoms with Gasteiger partial charge in [0.15, 0.2) is 0 Å². The van der Waals surface area contributed by atoms with Gasteiger partial charge in [0.2, 0.25) is 0 Å². The van der Waals surface area contributed by atoms with Crippen LogP contribution in [0.25, 0.3) is 0 Å². The minimum atomic E-state index is -0.276. The van der Waals surface area contributed by atoms with Crippen molar-refractivity contribution in [2.45, 2.75) is 89.5 Å². The molecule has 0 saturated heterocycles. The number of aldehydes is 1. The number of hydrogen-bond acceptors (Lipinski definition) is 3. The zero-order valence-corrected chi connectivity index (χ0v) is 22.3. The molecule has 36 heavy (non-hydrogen) atoms. The third-order valence-corrected chi connectivity index (χ3v) is 11.9. The van der Waals surface area contributed by atoms with Gasteiger partial charge in [-0.2, -0.15) is 0 Å². The van der Waals surface area contributed by atoms with Gasteiger partial charge in [-0.3, -0.25) is 0 Å². The highest BCUT2D eigenvalue weighted by atomic mass is 16.1. The summed E-state index contributed by atoms with van der Waals surface area (Å²) in [7, 11) is 0. The zero-order chi connectivity index (χ0) is 24.7. The molecule has 5 fully saturated rings. The molecule has 0 aliphatic heterocycles. The van der Waals surface area contributed by atoms with Crippen molar-refractivity contribution in [1.82, 2.24) is 0 Å². The highest BCUT2D eigenvalue weighted by molar-refractivity contribution is 5.61. The molecule has 0 spiro atoms. The predicted octanol–water partition coefficient (Wildman–Crippen LogP) is 7.24. The van der Waals surface area contributed by atoms with Crippen molar-refractivity contribution in [1.29, 1.82) is 0 Å². The van der Waals surface area contributed by atoms with Crippen LogP contribution in [-0.2, 0) is 4.79 Å². The summed E-state index contributed by atoms with van der Waals surface area (Å²) in [5.41, 5.74) is 9.57. The van der Waals surface area contributed by atoms with Crippen LogP contribution >= 0.6 is 0 Å². The molecule has 0 unspecified atom stereocenters. The minimum Gasteiger partial charge on any atom is -0.385 e. The van der Waals surface area contributed by atoms with E-state index in [1.807, 2.05) is 0 Å². The van der Waals surface area contributed by atoms with Crippen LogP contribution in [0.4, 0.5) is 5.69 Å². The first-order valence-corrected chi connectivity index (χ1v) is 15.3. The van der Waals surface area contributed by atoms with E-state index in [4.69, 9.17) is 5.73 Å². The first-order valence-electron chi connectivity index (χ1n) is 15.3. The van der Waals surface area contributed by atoms with Crippen LogP contribution < -0.4 is 11.1 Å². The summed E-state index contributed by atoms with van der Waals surface area (Å²) >= 11 is 0. The Hall–Kier alpha value is -1.61. The fraction of sp³-hybridized carbons (Fsp3) is 0.727. The lowest BCUT2D eigenvalue weighted by molar-refractivity contribution is -0.110. The Kier molecular flexibility index (Phi) is 7.05. The number of rotatable bonds is 9. The maximum Gasteiger partial charge on any atom is 0.137 e. The van der Waals surface area contributed by atoms with Crippen molar-refractivity contribution < 1.29 is 4.79 Å². The Morgan fingerprint density at radius 2 is 1.78 bits per heavy atom. The van der Waals surface area contributed by atoms with Crippen molar-refractivity contribution in [2.24, 2.45) is 58.5 Å². The van der Waals surface area contributed by atoms with Crippen molar-refractivity contribution in [3.05, 3.63) is 42.5 Å². The maximum absolute atomic E-state index is 12.2. The molecule has 5 saturated carbocycles. The van der Waals surface area contributed by atoms with Crippen molar-refractivity contribution in [3.63, 3.8) is 0 Å². The number of hydrogen-bond donors (Lipinski definition) is 2. The fourth-order valence-corrected chi connectivity index (χ4v) is 10.0. The van der Waals surface area contributed by atoms with E-state index < -0.39 is 0 Å². The van der Waals surface area contributed by atoms with Crippen LogP contribution in [0.3, 0.4) is 0 Å². The summed E-state index contributed by atoms with van der Waals surface area (Å²) in [5.74, 6) is 6.19. The SMILES string of the molecule is C=C1CC[C@H]2[C@H]([C@H]3C[C@@H](C4CCCC4)C[C@H]13)[C@@]2(CC[C@H]1CC[C@H](CNc2ccccc2)C1)[C@@H](N)C=O. The Bertz CT molecular complexity index is 923. The number of nitrogens with one attached hydrogen (secondary N) is 1. The van der Waals surface area contributed by atoms with E-state index in [1.54, 1.807) is 0 Å². The first-order chi connectivity index (χ1) is 17.6. The lowest BCUT2D eigenvalue weighted by Gasteiger charge is -2.29. The van der Waals surface area contributed by atoms with Gasteiger partial charge in [0.05, 0.1) is 6.04 Å². The van der Waals surface area contributed by atoms with E-state index in [0.717, 1.165) is 42.4 Å². The van der Waals surface area contributed by atoms with Gasteiger partial charge in [0.25, 0.3) is 0 Å². The number of allylic oxidation sites excluding steroid dienone is 1. The summed E-state index contributed by atoms with van der Waals surface area (Å²) in [4.78, 5) is 12.2. The third-order valence-electron chi connectivity index (χ3n) is 11.9. The van der Waals surface area contributed by atoms with Crippen molar-refractivity contribution in [3.8, 4) is 0 Å². The Morgan fingerprint density at radius 3 is 2.56 bits per heavy atom. The van der Waals surface area contributed by atoms with E-state index in [-0.39, 0.29) is 11.5 Å². The lowest BCUT2D eigenvalue weighted by atomic mass is 9.77. The number of para-hydroxylation sites is 1. The van der Waals surface area contributed by atoms with E-state index in [0.29, 0.717) is 17.8 Å². The molecule has 5 aliphatic rings. The number of nitrogens with two attached hydrogens (primary N) is 1. The Labute approximate surface area is 219 Å². The quantitative estimate of drug-likeness (QED) is 0.285. The summed E-state index contributed by atoms with van der Waals surface area (Å²) in [6.45, 7) is 5.68. The van der Waals surface area contributed by atoms with Gasteiger partial charge < -0.3 is 15.8 Å². The molecule has 3 nitrogen and oxygen atoms in total. The molecule has 196 valence electrons. The van der Waals surface area contributed by atoms with Crippen LogP contribution in [0.15, 0.2) is 42.5 Å². The van der Waals surface area contributed by atoms with Crippen molar-refractivity contribution >= 4 is 12.0 Å². The molecule has 0 aromatic heterocycles. The number of anilines is 1. The minimum absolute atomic E-state index is 0.0797. The summed E-state index contributed by atoms with van der Waals surface area (Å²) in [6.07, 6.45) is 18.5. The molecule has 0 bridgehead atoms. The number of carbonyl (C=O) groups excluding carboxylic acids is 1. The van der Waals surface area contributed by atoms with Gasteiger partial charge in [-0.15, -0.1) is 0 Å². The second-order valence-electron chi connectivity index (χ2n) is 13.5. The Balaban J connectivity index is 1.10. The first kappa shape index (κ1) is 24.7. The molecule has 1 aromatic rings.